The molecule has 0 saturated carbocycles. The number of nitrogens with zero attached hydrogens (tertiary/aromatic N) is 3. The number of aryl methyl sites for hydroxylation is 1. The molecule has 1 N–H and O–H groups in total. The average Bonchev–Trinajstić information content (AvgIpc) is 3.33. The molecule has 3 aromatic rings. The predicted molar refractivity (Wildman–Crippen MR) is 152 cm³/mol. The molecule has 3 amide bonds. The number of hydrogen-bond acceptors (Lipinski definition) is 5. The maximum absolute atomic E-state index is 13.7. The third kappa shape index (κ3) is 8.10. The van der Waals surface area contributed by atoms with Crippen molar-refractivity contribution in [1.82, 2.24) is 14.7 Å². The van der Waals surface area contributed by atoms with Crippen molar-refractivity contribution < 1.29 is 18.7 Å². The number of nitrogens with one attached hydrogen (secondary N) is 1. The molecule has 1 fully saturated rings. The van der Waals surface area contributed by atoms with Crippen LogP contribution >= 0.6 is 27.3 Å². The monoisotopic (exact) mass is 602 g/mol. The summed E-state index contributed by atoms with van der Waals surface area (Å²) in [4.78, 5) is 33.7. The van der Waals surface area contributed by atoms with E-state index in [1.807, 2.05) is 42.6 Å². The molecule has 7 nitrogen and oxygen atoms in total. The van der Waals surface area contributed by atoms with Crippen molar-refractivity contribution in [3.8, 4) is 0 Å². The maximum Gasteiger partial charge on any atom is 0.322 e. The van der Waals surface area contributed by atoms with Gasteiger partial charge in [0.1, 0.15) is 12.4 Å². The number of rotatable bonds is 10. The average molecular weight is 604 g/mol. The lowest BCUT2D eigenvalue weighted by atomic mass is 10.2. The van der Waals surface area contributed by atoms with Gasteiger partial charge in [0, 0.05) is 42.1 Å². The molecular weight excluding hydrogens is 571 g/mol. The van der Waals surface area contributed by atoms with Gasteiger partial charge in [0.15, 0.2) is 0 Å². The molecule has 38 heavy (non-hydrogen) atoms. The largest absolute Gasteiger partial charge is 0.379 e. The Morgan fingerprint density at radius 2 is 1.79 bits per heavy atom. The van der Waals surface area contributed by atoms with E-state index in [2.05, 4.69) is 26.1 Å². The zero-order valence-corrected chi connectivity index (χ0v) is 23.8. The summed E-state index contributed by atoms with van der Waals surface area (Å²) < 4.78 is 19.7. The van der Waals surface area contributed by atoms with Crippen LogP contribution in [0.4, 0.5) is 14.9 Å². The van der Waals surface area contributed by atoms with Crippen molar-refractivity contribution in [2.75, 3.05) is 51.3 Å². The van der Waals surface area contributed by atoms with Crippen LogP contribution in [0.2, 0.25) is 0 Å². The fourth-order valence-electron chi connectivity index (χ4n) is 4.14. The summed E-state index contributed by atoms with van der Waals surface area (Å²) in [5.74, 6) is -0.495. The third-order valence-electron chi connectivity index (χ3n) is 6.46. The fourth-order valence-corrected chi connectivity index (χ4v) is 5.45. The minimum Gasteiger partial charge on any atom is -0.379 e. The Kier molecular flexibility index (Phi) is 10.3. The van der Waals surface area contributed by atoms with Gasteiger partial charge in [0.05, 0.1) is 25.4 Å². The second kappa shape index (κ2) is 13.8. The Labute approximate surface area is 235 Å². The number of thiophene rings is 1. The molecule has 2 heterocycles. The third-order valence-corrected chi connectivity index (χ3v) is 8.16. The fraction of sp³-hybridized carbons (Fsp3) is 0.357. The summed E-state index contributed by atoms with van der Waals surface area (Å²) in [6.07, 6.45) is 0. The van der Waals surface area contributed by atoms with E-state index in [-0.39, 0.29) is 24.3 Å². The number of urea groups is 1. The van der Waals surface area contributed by atoms with E-state index in [9.17, 15) is 14.0 Å². The normalized spacial score (nSPS) is 13.8. The lowest BCUT2D eigenvalue weighted by molar-refractivity contribution is -0.133. The molecule has 0 spiro atoms. The number of para-hydroxylation sites is 1. The number of carbonyl (C=O) groups is 2. The van der Waals surface area contributed by atoms with E-state index >= 15 is 0 Å². The Balaban J connectivity index is 1.51. The first-order valence-corrected chi connectivity index (χ1v) is 14.2. The first-order valence-electron chi connectivity index (χ1n) is 12.5. The van der Waals surface area contributed by atoms with Crippen LogP contribution in [-0.4, -0.2) is 72.6 Å². The predicted octanol–water partition coefficient (Wildman–Crippen LogP) is 5.35. The zero-order valence-electron chi connectivity index (χ0n) is 21.4. The highest BCUT2D eigenvalue weighted by molar-refractivity contribution is 9.10. The summed E-state index contributed by atoms with van der Waals surface area (Å²) in [6.45, 7) is 6.62. The van der Waals surface area contributed by atoms with E-state index in [1.54, 1.807) is 33.3 Å². The first-order chi connectivity index (χ1) is 18.4. The number of hydrogen-bond donors (Lipinski definition) is 1. The van der Waals surface area contributed by atoms with Gasteiger partial charge in [-0.3, -0.25) is 9.69 Å². The van der Waals surface area contributed by atoms with Gasteiger partial charge in [0.2, 0.25) is 5.91 Å². The van der Waals surface area contributed by atoms with Crippen molar-refractivity contribution in [3.05, 3.63) is 86.3 Å². The van der Waals surface area contributed by atoms with Crippen molar-refractivity contribution >= 4 is 44.9 Å². The lowest BCUT2D eigenvalue weighted by Crippen LogP contribution is -2.48. The summed E-state index contributed by atoms with van der Waals surface area (Å²) >= 11 is 5.07. The van der Waals surface area contributed by atoms with Crippen molar-refractivity contribution in [1.29, 1.82) is 0 Å². The van der Waals surface area contributed by atoms with Crippen LogP contribution in [-0.2, 0) is 22.6 Å². The Morgan fingerprint density at radius 3 is 2.47 bits per heavy atom. The quantitative estimate of drug-likeness (QED) is 0.340. The Hall–Kier alpha value is -2.79. The second-order valence-electron chi connectivity index (χ2n) is 9.19. The Bertz CT molecular complexity index is 1220. The van der Waals surface area contributed by atoms with E-state index < -0.39 is 0 Å². The van der Waals surface area contributed by atoms with Crippen molar-refractivity contribution in [2.45, 2.75) is 20.0 Å². The van der Waals surface area contributed by atoms with Crippen LogP contribution < -0.4 is 5.32 Å². The minimum absolute atomic E-state index is 0.0771. The minimum atomic E-state index is -0.340. The molecule has 0 aliphatic carbocycles. The molecule has 0 atom stereocenters. The number of halogens is 2. The van der Waals surface area contributed by atoms with Crippen LogP contribution in [0, 0.1) is 12.7 Å². The van der Waals surface area contributed by atoms with Crippen LogP contribution in [0.25, 0.3) is 0 Å². The lowest BCUT2D eigenvalue weighted by Gasteiger charge is -2.31. The smallest absolute Gasteiger partial charge is 0.322 e. The van der Waals surface area contributed by atoms with E-state index in [1.165, 1.54) is 12.1 Å². The van der Waals surface area contributed by atoms with E-state index in [0.717, 1.165) is 33.6 Å². The molecule has 1 aliphatic rings. The van der Waals surface area contributed by atoms with Gasteiger partial charge < -0.3 is 19.9 Å². The van der Waals surface area contributed by atoms with Crippen LogP contribution in [0.1, 0.15) is 16.0 Å². The highest BCUT2D eigenvalue weighted by atomic mass is 79.9. The van der Waals surface area contributed by atoms with Gasteiger partial charge in [-0.2, -0.15) is 0 Å². The second-order valence-corrected chi connectivity index (χ2v) is 11.0. The van der Waals surface area contributed by atoms with Crippen molar-refractivity contribution in [2.24, 2.45) is 0 Å². The topological polar surface area (TPSA) is 65.1 Å². The standard InChI is InChI=1S/C28H32BrFN4O3S/c1-21-10-17-38-26(21)19-34(18-22-6-8-23(30)9-7-22)27(35)20-33(12-11-32-13-15-37-16-14-32)28(36)31-25-5-3-2-4-24(25)29/h2-10,17H,11-16,18-20H2,1H3,(H,31,36). The van der Waals surface area contributed by atoms with Gasteiger partial charge >= 0.3 is 6.03 Å². The van der Waals surface area contributed by atoms with Gasteiger partial charge in [0.25, 0.3) is 0 Å². The summed E-state index contributed by atoms with van der Waals surface area (Å²) in [7, 11) is 0. The first kappa shape index (κ1) is 28.2. The number of carbonyl (C=O) groups excluding carboxylic acids is 2. The van der Waals surface area contributed by atoms with Gasteiger partial charge in [-0.1, -0.05) is 24.3 Å². The van der Waals surface area contributed by atoms with Crippen LogP contribution in [0.5, 0.6) is 0 Å². The number of morpholine rings is 1. The number of amides is 3. The van der Waals surface area contributed by atoms with E-state index in [0.29, 0.717) is 45.1 Å². The molecule has 1 saturated heterocycles. The molecule has 10 heteroatoms. The highest BCUT2D eigenvalue weighted by Gasteiger charge is 2.24. The van der Waals surface area contributed by atoms with Gasteiger partial charge in [-0.25, -0.2) is 9.18 Å². The molecule has 4 rings (SSSR count). The van der Waals surface area contributed by atoms with Gasteiger partial charge in [-0.05, 0) is 69.7 Å². The molecule has 202 valence electrons. The number of ether oxygens (including phenoxy) is 1. The number of benzene rings is 2. The summed E-state index contributed by atoms with van der Waals surface area (Å²) in [5.41, 5.74) is 2.58. The van der Waals surface area contributed by atoms with Crippen molar-refractivity contribution in [3.63, 3.8) is 0 Å². The molecule has 2 aromatic carbocycles. The number of anilines is 1. The van der Waals surface area contributed by atoms with Gasteiger partial charge in [-0.15, -0.1) is 11.3 Å². The molecule has 0 radical (unpaired) electrons. The molecule has 1 aromatic heterocycles. The summed E-state index contributed by atoms with van der Waals surface area (Å²) in [5, 5.41) is 4.94. The van der Waals surface area contributed by atoms with Crippen LogP contribution in [0.15, 0.2) is 64.5 Å². The Morgan fingerprint density at radius 1 is 1.05 bits per heavy atom. The van der Waals surface area contributed by atoms with E-state index in [4.69, 9.17) is 4.74 Å². The SMILES string of the molecule is Cc1ccsc1CN(Cc1ccc(F)cc1)C(=O)CN(CCN1CCOCC1)C(=O)Nc1ccccc1Br. The molecular formula is C28H32BrFN4O3S. The zero-order chi connectivity index (χ0) is 26.9. The highest BCUT2D eigenvalue weighted by Crippen LogP contribution is 2.22. The molecule has 0 unspecified atom stereocenters. The molecule has 0 bridgehead atoms. The molecule has 1 aliphatic heterocycles. The maximum atomic E-state index is 13.7. The summed E-state index contributed by atoms with van der Waals surface area (Å²) in [6, 6.07) is 15.2. The van der Waals surface area contributed by atoms with Crippen LogP contribution in [0.3, 0.4) is 0 Å².